The summed E-state index contributed by atoms with van der Waals surface area (Å²) in [5.74, 6) is 0. The van der Waals surface area contributed by atoms with Crippen LogP contribution in [0.15, 0.2) is 46.7 Å². The number of thiophene rings is 1. The van der Waals surface area contributed by atoms with Crippen molar-refractivity contribution in [2.45, 2.75) is 23.7 Å². The minimum Gasteiger partial charge on any atom is -0.379 e. The SMILES string of the molecule is CC(c1ccccc1)N(C)C(=O)NCc1ccc(S(=O)(=O)N2CCOCC2)s1. The quantitative estimate of drug-likeness (QED) is 0.775. The van der Waals surface area contributed by atoms with E-state index in [0.717, 1.165) is 10.4 Å². The summed E-state index contributed by atoms with van der Waals surface area (Å²) < 4.78 is 32.3. The standard InChI is InChI=1S/C19H25N3O4S2/c1-15(16-6-4-3-5-7-16)21(2)19(23)20-14-17-8-9-18(27-17)28(24,25)22-10-12-26-13-11-22/h3-9,15H,10-14H2,1-2H3,(H,20,23). The average molecular weight is 424 g/mol. The first-order chi connectivity index (χ1) is 13.4. The highest BCUT2D eigenvalue weighted by Gasteiger charge is 2.27. The van der Waals surface area contributed by atoms with Crippen LogP contribution in [0, 0.1) is 0 Å². The molecule has 9 heteroatoms. The second-order valence-electron chi connectivity index (χ2n) is 6.59. The number of carbonyl (C=O) groups is 1. The lowest BCUT2D eigenvalue weighted by Gasteiger charge is -2.25. The van der Waals surface area contributed by atoms with E-state index in [-0.39, 0.29) is 18.6 Å². The molecule has 152 valence electrons. The molecule has 0 saturated carbocycles. The van der Waals surface area contributed by atoms with Crippen molar-refractivity contribution in [1.82, 2.24) is 14.5 Å². The van der Waals surface area contributed by atoms with Crippen LogP contribution in [0.25, 0.3) is 0 Å². The molecular weight excluding hydrogens is 398 g/mol. The number of morpholine rings is 1. The lowest BCUT2D eigenvalue weighted by atomic mass is 10.1. The van der Waals surface area contributed by atoms with Gasteiger partial charge in [0.1, 0.15) is 4.21 Å². The lowest BCUT2D eigenvalue weighted by Crippen LogP contribution is -2.40. The fourth-order valence-corrected chi connectivity index (χ4v) is 5.78. The van der Waals surface area contributed by atoms with E-state index >= 15 is 0 Å². The topological polar surface area (TPSA) is 79.0 Å². The van der Waals surface area contributed by atoms with Crippen molar-refractivity contribution in [3.05, 3.63) is 52.9 Å². The smallest absolute Gasteiger partial charge is 0.317 e. The Bertz CT molecular complexity index is 893. The zero-order valence-corrected chi connectivity index (χ0v) is 17.6. The highest BCUT2D eigenvalue weighted by molar-refractivity contribution is 7.91. The van der Waals surface area contributed by atoms with Crippen LogP contribution in [0.3, 0.4) is 0 Å². The summed E-state index contributed by atoms with van der Waals surface area (Å²) >= 11 is 1.19. The Morgan fingerprint density at radius 2 is 1.89 bits per heavy atom. The molecule has 0 spiro atoms. The molecule has 1 aliphatic rings. The van der Waals surface area contributed by atoms with Crippen LogP contribution >= 0.6 is 11.3 Å². The van der Waals surface area contributed by atoms with Gasteiger partial charge in [0.05, 0.1) is 25.8 Å². The van der Waals surface area contributed by atoms with Crippen LogP contribution in [0.5, 0.6) is 0 Å². The Labute approximate surface area is 170 Å². The third-order valence-electron chi connectivity index (χ3n) is 4.80. The molecule has 1 aromatic carbocycles. The largest absolute Gasteiger partial charge is 0.379 e. The molecule has 1 N–H and O–H groups in total. The molecule has 1 atom stereocenters. The first kappa shape index (κ1) is 20.8. The number of hydrogen-bond acceptors (Lipinski definition) is 5. The number of carbonyl (C=O) groups excluding carboxylic acids is 1. The number of urea groups is 1. The molecular formula is C19H25N3O4S2. The Morgan fingerprint density at radius 3 is 2.57 bits per heavy atom. The molecule has 2 heterocycles. The summed E-state index contributed by atoms with van der Waals surface area (Å²) in [6.07, 6.45) is 0. The maximum Gasteiger partial charge on any atom is 0.317 e. The molecule has 1 saturated heterocycles. The zero-order chi connectivity index (χ0) is 20.1. The third kappa shape index (κ3) is 4.72. The second kappa shape index (κ2) is 9.04. The van der Waals surface area contributed by atoms with Crippen molar-refractivity contribution in [3.63, 3.8) is 0 Å². The fraction of sp³-hybridized carbons (Fsp3) is 0.421. The molecule has 0 radical (unpaired) electrons. The van der Waals surface area contributed by atoms with Crippen molar-refractivity contribution in [2.75, 3.05) is 33.4 Å². The predicted octanol–water partition coefficient (Wildman–Crippen LogP) is 2.67. The number of amides is 2. The summed E-state index contributed by atoms with van der Waals surface area (Å²) in [5, 5.41) is 2.86. The minimum absolute atomic E-state index is 0.0678. The number of nitrogens with one attached hydrogen (secondary N) is 1. The van der Waals surface area contributed by atoms with E-state index in [1.165, 1.54) is 15.6 Å². The van der Waals surface area contributed by atoms with Crippen LogP contribution in [-0.2, 0) is 21.3 Å². The molecule has 28 heavy (non-hydrogen) atoms. The molecule has 1 aliphatic heterocycles. The molecule has 2 amide bonds. The van der Waals surface area contributed by atoms with Crippen molar-refractivity contribution in [3.8, 4) is 0 Å². The van der Waals surface area contributed by atoms with E-state index in [9.17, 15) is 13.2 Å². The molecule has 1 fully saturated rings. The maximum absolute atomic E-state index is 12.7. The Morgan fingerprint density at radius 1 is 1.21 bits per heavy atom. The van der Waals surface area contributed by atoms with E-state index in [1.54, 1.807) is 24.1 Å². The highest BCUT2D eigenvalue weighted by atomic mass is 32.2. The van der Waals surface area contributed by atoms with Gasteiger partial charge in [-0.05, 0) is 24.6 Å². The van der Waals surface area contributed by atoms with Gasteiger partial charge in [-0.25, -0.2) is 13.2 Å². The number of nitrogens with zero attached hydrogens (tertiary/aromatic N) is 2. The summed E-state index contributed by atoms with van der Waals surface area (Å²) in [6.45, 7) is 3.82. The number of sulfonamides is 1. The van der Waals surface area contributed by atoms with Gasteiger partial charge in [0.25, 0.3) is 10.0 Å². The van der Waals surface area contributed by atoms with Gasteiger partial charge in [-0.3, -0.25) is 0 Å². The van der Waals surface area contributed by atoms with E-state index in [2.05, 4.69) is 5.32 Å². The van der Waals surface area contributed by atoms with Crippen molar-refractivity contribution in [2.24, 2.45) is 0 Å². The fourth-order valence-electron chi connectivity index (χ4n) is 2.92. The molecule has 1 aromatic heterocycles. The van der Waals surface area contributed by atoms with E-state index in [0.29, 0.717) is 30.5 Å². The maximum atomic E-state index is 12.7. The highest BCUT2D eigenvalue weighted by Crippen LogP contribution is 2.26. The Hall–Kier alpha value is -1.94. The van der Waals surface area contributed by atoms with E-state index < -0.39 is 10.0 Å². The number of rotatable bonds is 6. The molecule has 7 nitrogen and oxygen atoms in total. The second-order valence-corrected chi connectivity index (χ2v) is 9.93. The van der Waals surface area contributed by atoms with Gasteiger partial charge in [-0.1, -0.05) is 30.3 Å². The number of ether oxygens (including phenoxy) is 1. The van der Waals surface area contributed by atoms with Crippen LogP contribution in [0.2, 0.25) is 0 Å². The molecule has 2 aromatic rings. The minimum atomic E-state index is -3.50. The zero-order valence-electron chi connectivity index (χ0n) is 16.0. The van der Waals surface area contributed by atoms with E-state index in [1.807, 2.05) is 37.3 Å². The first-order valence-electron chi connectivity index (χ1n) is 9.12. The molecule has 0 bridgehead atoms. The Kier molecular flexibility index (Phi) is 6.71. The number of benzene rings is 1. The predicted molar refractivity (Wildman–Crippen MR) is 109 cm³/mol. The average Bonchev–Trinajstić information content (AvgIpc) is 3.22. The van der Waals surface area contributed by atoms with Gasteiger partial charge in [0.15, 0.2) is 0 Å². The summed E-state index contributed by atoms with van der Waals surface area (Å²) in [7, 11) is -1.75. The molecule has 1 unspecified atom stereocenters. The van der Waals surface area contributed by atoms with Gasteiger partial charge < -0.3 is 15.0 Å². The van der Waals surface area contributed by atoms with Crippen LogP contribution in [-0.4, -0.2) is 57.0 Å². The normalized spacial score (nSPS) is 16.5. The van der Waals surface area contributed by atoms with Crippen LogP contribution in [0.4, 0.5) is 4.79 Å². The first-order valence-corrected chi connectivity index (χ1v) is 11.4. The Balaban J connectivity index is 1.58. The molecule has 0 aliphatic carbocycles. The lowest BCUT2D eigenvalue weighted by molar-refractivity contribution is 0.0731. The van der Waals surface area contributed by atoms with Crippen LogP contribution in [0.1, 0.15) is 23.4 Å². The van der Waals surface area contributed by atoms with Gasteiger partial charge in [-0.15, -0.1) is 11.3 Å². The summed E-state index contributed by atoms with van der Waals surface area (Å²) in [4.78, 5) is 14.9. The van der Waals surface area contributed by atoms with E-state index in [4.69, 9.17) is 4.74 Å². The number of hydrogen-bond donors (Lipinski definition) is 1. The molecule has 3 rings (SSSR count). The summed E-state index contributed by atoms with van der Waals surface area (Å²) in [5.41, 5.74) is 1.05. The van der Waals surface area contributed by atoms with Gasteiger partial charge >= 0.3 is 6.03 Å². The van der Waals surface area contributed by atoms with Crippen molar-refractivity contribution < 1.29 is 17.9 Å². The van der Waals surface area contributed by atoms with Crippen LogP contribution < -0.4 is 5.32 Å². The monoisotopic (exact) mass is 423 g/mol. The third-order valence-corrected chi connectivity index (χ3v) is 8.25. The van der Waals surface area contributed by atoms with Crippen molar-refractivity contribution >= 4 is 27.4 Å². The van der Waals surface area contributed by atoms with Gasteiger partial charge in [0, 0.05) is 25.0 Å². The van der Waals surface area contributed by atoms with Gasteiger partial charge in [0.2, 0.25) is 0 Å². The van der Waals surface area contributed by atoms with Gasteiger partial charge in [-0.2, -0.15) is 4.31 Å². The van der Waals surface area contributed by atoms with Crippen molar-refractivity contribution in [1.29, 1.82) is 0 Å². The summed E-state index contributed by atoms with van der Waals surface area (Å²) in [6, 6.07) is 12.9.